The summed E-state index contributed by atoms with van der Waals surface area (Å²) in [6.07, 6.45) is 6.11. The predicted molar refractivity (Wildman–Crippen MR) is 97.6 cm³/mol. The number of carbonyl (C=O) groups is 1. The second-order valence-electron chi connectivity index (χ2n) is 7.39. The molecule has 2 fully saturated rings. The maximum atomic E-state index is 12.8. The van der Waals surface area contributed by atoms with Crippen LogP contribution in [0.2, 0.25) is 0 Å². The van der Waals surface area contributed by atoms with Crippen LogP contribution in [0.15, 0.2) is 18.6 Å². The summed E-state index contributed by atoms with van der Waals surface area (Å²) in [5.74, 6) is 0.939. The summed E-state index contributed by atoms with van der Waals surface area (Å²) < 4.78 is 0. The highest BCUT2D eigenvalue weighted by Crippen LogP contribution is 2.48. The maximum Gasteiger partial charge on any atom is 0.319 e. The number of hydrogen-bond acceptors (Lipinski definition) is 5. The first kappa shape index (κ1) is 16.6. The summed E-state index contributed by atoms with van der Waals surface area (Å²) in [6, 6.07) is 4.13. The van der Waals surface area contributed by atoms with Crippen LogP contribution in [0.5, 0.6) is 0 Å². The second kappa shape index (κ2) is 6.48. The van der Waals surface area contributed by atoms with Crippen molar-refractivity contribution in [2.75, 3.05) is 44.7 Å². The Labute approximate surface area is 152 Å². The van der Waals surface area contributed by atoms with Crippen LogP contribution >= 0.6 is 0 Å². The van der Waals surface area contributed by atoms with Gasteiger partial charge in [0, 0.05) is 51.4 Å². The van der Waals surface area contributed by atoms with E-state index in [1.54, 1.807) is 18.3 Å². The van der Waals surface area contributed by atoms with Gasteiger partial charge in [-0.2, -0.15) is 5.26 Å². The monoisotopic (exact) mass is 353 g/mol. The van der Waals surface area contributed by atoms with Crippen molar-refractivity contribution in [2.24, 2.45) is 5.41 Å². The molecule has 2 aliphatic rings. The molecule has 1 aliphatic carbocycles. The number of nitrogens with zero attached hydrogens (tertiary/aromatic N) is 6. The molecule has 26 heavy (non-hydrogen) atoms. The van der Waals surface area contributed by atoms with Crippen LogP contribution < -0.4 is 4.90 Å². The van der Waals surface area contributed by atoms with Gasteiger partial charge >= 0.3 is 6.03 Å². The van der Waals surface area contributed by atoms with E-state index in [0.717, 1.165) is 49.3 Å². The van der Waals surface area contributed by atoms with Crippen molar-refractivity contribution in [1.29, 1.82) is 5.26 Å². The van der Waals surface area contributed by atoms with E-state index in [9.17, 15) is 4.79 Å². The standard InChI is InChI=1S/C18H23N7O/c1-23(8-2-6-19)17(26)25-10-9-24(11-18(12-25)4-5-18)16-14-3-7-20-15(14)21-13-22-16/h3,7,13H,2,4-5,8-12H2,1H3,(H,20,21,22). The number of anilines is 1. The summed E-state index contributed by atoms with van der Waals surface area (Å²) in [7, 11) is 1.77. The summed E-state index contributed by atoms with van der Waals surface area (Å²) in [5, 5.41) is 9.77. The Balaban J connectivity index is 1.54. The second-order valence-corrected chi connectivity index (χ2v) is 7.39. The number of nitriles is 1. The lowest BCUT2D eigenvalue weighted by atomic mass is 10.1. The number of nitrogens with one attached hydrogen (secondary N) is 1. The average molecular weight is 353 g/mol. The first-order chi connectivity index (χ1) is 12.6. The van der Waals surface area contributed by atoms with Gasteiger partial charge in [-0.3, -0.25) is 0 Å². The fourth-order valence-electron chi connectivity index (χ4n) is 3.76. The minimum Gasteiger partial charge on any atom is -0.354 e. The zero-order valence-electron chi connectivity index (χ0n) is 15.0. The molecule has 1 aliphatic heterocycles. The summed E-state index contributed by atoms with van der Waals surface area (Å²) in [4.78, 5) is 30.6. The van der Waals surface area contributed by atoms with Crippen LogP contribution in [0, 0.1) is 16.7 Å². The number of H-pyrrole nitrogens is 1. The van der Waals surface area contributed by atoms with E-state index in [0.29, 0.717) is 19.5 Å². The third-order valence-corrected chi connectivity index (χ3v) is 5.44. The molecular weight excluding hydrogens is 330 g/mol. The number of rotatable bonds is 3. The Morgan fingerprint density at radius 3 is 3.00 bits per heavy atom. The fraction of sp³-hybridized carbons (Fsp3) is 0.556. The highest BCUT2D eigenvalue weighted by molar-refractivity contribution is 5.87. The molecule has 1 N–H and O–H groups in total. The first-order valence-corrected chi connectivity index (χ1v) is 9.02. The number of amides is 2. The van der Waals surface area contributed by atoms with Crippen LogP contribution in [0.4, 0.5) is 10.6 Å². The van der Waals surface area contributed by atoms with Crippen LogP contribution in [0.1, 0.15) is 19.3 Å². The Bertz CT molecular complexity index is 851. The van der Waals surface area contributed by atoms with Gasteiger partial charge in [-0.05, 0) is 18.9 Å². The van der Waals surface area contributed by atoms with Crippen molar-refractivity contribution < 1.29 is 4.79 Å². The first-order valence-electron chi connectivity index (χ1n) is 9.02. The highest BCUT2D eigenvalue weighted by atomic mass is 16.2. The molecule has 0 aromatic carbocycles. The average Bonchev–Trinajstić information content (AvgIpc) is 3.29. The Kier molecular flexibility index (Phi) is 4.15. The van der Waals surface area contributed by atoms with Gasteiger partial charge in [0.2, 0.25) is 0 Å². The quantitative estimate of drug-likeness (QED) is 0.909. The molecule has 1 spiro atoms. The topological polar surface area (TPSA) is 92.2 Å². The molecule has 8 nitrogen and oxygen atoms in total. The van der Waals surface area contributed by atoms with E-state index in [-0.39, 0.29) is 11.4 Å². The van der Waals surface area contributed by atoms with Crippen molar-refractivity contribution in [3.63, 3.8) is 0 Å². The van der Waals surface area contributed by atoms with Gasteiger partial charge in [0.1, 0.15) is 17.8 Å². The minimum absolute atomic E-state index is 0.0165. The van der Waals surface area contributed by atoms with Crippen molar-refractivity contribution in [3.05, 3.63) is 18.6 Å². The third-order valence-electron chi connectivity index (χ3n) is 5.44. The largest absolute Gasteiger partial charge is 0.354 e. The minimum atomic E-state index is 0.0165. The third kappa shape index (κ3) is 3.05. The molecule has 2 aromatic heterocycles. The van der Waals surface area contributed by atoms with E-state index in [1.807, 2.05) is 17.2 Å². The SMILES string of the molecule is CN(CCC#N)C(=O)N1CCN(c2ncnc3[nH]ccc23)CC2(CC2)C1. The number of fused-ring (bicyclic) bond motifs is 1. The zero-order chi connectivity index (χ0) is 18.1. The van der Waals surface area contributed by atoms with Crippen LogP contribution in [0.3, 0.4) is 0 Å². The lowest BCUT2D eigenvalue weighted by molar-refractivity contribution is 0.158. The molecule has 4 rings (SSSR count). The van der Waals surface area contributed by atoms with Gasteiger partial charge in [0.15, 0.2) is 0 Å². The molecule has 2 amide bonds. The van der Waals surface area contributed by atoms with Crippen molar-refractivity contribution in [3.8, 4) is 6.07 Å². The van der Waals surface area contributed by atoms with Gasteiger partial charge in [-0.1, -0.05) is 0 Å². The molecular formula is C18H23N7O. The molecule has 0 unspecified atom stereocenters. The molecule has 0 radical (unpaired) electrons. The van der Waals surface area contributed by atoms with Crippen molar-refractivity contribution >= 4 is 22.9 Å². The number of carbonyl (C=O) groups excluding carboxylic acids is 1. The molecule has 8 heteroatoms. The molecule has 1 saturated heterocycles. The van der Waals surface area contributed by atoms with Crippen molar-refractivity contribution in [1.82, 2.24) is 24.8 Å². The smallest absolute Gasteiger partial charge is 0.319 e. The van der Waals surface area contributed by atoms with E-state index in [1.165, 1.54) is 0 Å². The fourth-order valence-corrected chi connectivity index (χ4v) is 3.76. The summed E-state index contributed by atoms with van der Waals surface area (Å²) >= 11 is 0. The van der Waals surface area contributed by atoms with E-state index < -0.39 is 0 Å². The van der Waals surface area contributed by atoms with Gasteiger partial charge in [-0.15, -0.1) is 0 Å². The van der Waals surface area contributed by atoms with Gasteiger partial charge < -0.3 is 19.7 Å². The molecule has 136 valence electrons. The number of hydrogen-bond donors (Lipinski definition) is 1. The normalized spacial score (nSPS) is 18.6. The molecule has 0 atom stereocenters. The lowest BCUT2D eigenvalue weighted by Crippen LogP contribution is -2.44. The molecule has 3 heterocycles. The Morgan fingerprint density at radius 2 is 2.23 bits per heavy atom. The van der Waals surface area contributed by atoms with E-state index in [4.69, 9.17) is 5.26 Å². The highest BCUT2D eigenvalue weighted by Gasteiger charge is 2.48. The van der Waals surface area contributed by atoms with Crippen LogP contribution in [-0.2, 0) is 0 Å². The maximum absolute atomic E-state index is 12.8. The Hall–Kier alpha value is -2.82. The number of aromatic nitrogens is 3. The Morgan fingerprint density at radius 1 is 1.38 bits per heavy atom. The van der Waals surface area contributed by atoms with E-state index in [2.05, 4.69) is 25.9 Å². The van der Waals surface area contributed by atoms with Gasteiger partial charge in [-0.25, -0.2) is 14.8 Å². The molecule has 0 bridgehead atoms. The zero-order valence-corrected chi connectivity index (χ0v) is 15.0. The lowest BCUT2D eigenvalue weighted by Gasteiger charge is -2.28. The van der Waals surface area contributed by atoms with Crippen LogP contribution in [-0.4, -0.2) is 70.6 Å². The number of urea groups is 1. The molecule has 2 aromatic rings. The summed E-state index contributed by atoms with van der Waals surface area (Å²) in [5.41, 5.74) is 1.00. The van der Waals surface area contributed by atoms with Crippen LogP contribution in [0.25, 0.3) is 11.0 Å². The van der Waals surface area contributed by atoms with Gasteiger partial charge in [0.25, 0.3) is 0 Å². The van der Waals surface area contributed by atoms with Crippen molar-refractivity contribution in [2.45, 2.75) is 19.3 Å². The number of aromatic amines is 1. The predicted octanol–water partition coefficient (Wildman–Crippen LogP) is 1.83. The van der Waals surface area contributed by atoms with Gasteiger partial charge in [0.05, 0.1) is 17.9 Å². The molecule has 1 saturated carbocycles. The summed E-state index contributed by atoms with van der Waals surface area (Å²) in [6.45, 7) is 3.57. The van der Waals surface area contributed by atoms with E-state index >= 15 is 0 Å².